The van der Waals surface area contributed by atoms with Crippen molar-refractivity contribution in [2.24, 2.45) is 0 Å². The third kappa shape index (κ3) is 8.62. The smallest absolute Gasteiger partial charge is 0.244 e. The van der Waals surface area contributed by atoms with Crippen LogP contribution in [0.1, 0.15) is 60.9 Å². The SMILES string of the molecule is CC(CNC1(C(=O)Nc2cccc(Cl)c2)CCCCC1)c1cccc(Cl)c1F.O=CNc1ccc(C=O)cc1. The van der Waals surface area contributed by atoms with Gasteiger partial charge in [0.15, 0.2) is 0 Å². The largest absolute Gasteiger partial charge is 0.329 e. The van der Waals surface area contributed by atoms with Crippen molar-refractivity contribution in [3.05, 3.63) is 93.7 Å². The molecule has 1 fully saturated rings. The van der Waals surface area contributed by atoms with E-state index in [4.69, 9.17) is 23.2 Å². The van der Waals surface area contributed by atoms with Crippen molar-refractivity contribution in [3.8, 4) is 0 Å². The number of hydrogen-bond donors (Lipinski definition) is 3. The summed E-state index contributed by atoms with van der Waals surface area (Å²) in [6, 6.07) is 18.8. The Labute approximate surface area is 238 Å². The molecular formula is C30H32Cl2FN3O3. The van der Waals surface area contributed by atoms with Gasteiger partial charge in [0.1, 0.15) is 12.1 Å². The van der Waals surface area contributed by atoms with Gasteiger partial charge < -0.3 is 16.0 Å². The molecule has 0 bridgehead atoms. The van der Waals surface area contributed by atoms with Gasteiger partial charge in [-0.2, -0.15) is 0 Å². The summed E-state index contributed by atoms with van der Waals surface area (Å²) in [5, 5.41) is 9.62. The molecule has 0 aliphatic heterocycles. The van der Waals surface area contributed by atoms with E-state index >= 15 is 0 Å². The zero-order valence-electron chi connectivity index (χ0n) is 21.7. The van der Waals surface area contributed by atoms with E-state index in [1.54, 1.807) is 54.6 Å². The van der Waals surface area contributed by atoms with Gasteiger partial charge >= 0.3 is 0 Å². The van der Waals surface area contributed by atoms with Crippen LogP contribution >= 0.6 is 23.2 Å². The molecule has 0 spiro atoms. The molecule has 39 heavy (non-hydrogen) atoms. The number of rotatable bonds is 9. The molecule has 1 aliphatic carbocycles. The lowest BCUT2D eigenvalue weighted by Gasteiger charge is -2.37. The molecule has 1 saturated carbocycles. The van der Waals surface area contributed by atoms with Gasteiger partial charge in [-0.05, 0) is 72.9 Å². The molecule has 1 unspecified atom stereocenters. The number of hydrogen-bond acceptors (Lipinski definition) is 4. The summed E-state index contributed by atoms with van der Waals surface area (Å²) in [4.78, 5) is 33.3. The number of aldehydes is 1. The number of carbonyl (C=O) groups excluding carboxylic acids is 3. The zero-order chi connectivity index (χ0) is 28.3. The third-order valence-corrected chi connectivity index (χ3v) is 7.28. The molecule has 3 aromatic carbocycles. The Balaban J connectivity index is 0.000000320. The monoisotopic (exact) mass is 571 g/mol. The summed E-state index contributed by atoms with van der Waals surface area (Å²) in [5.74, 6) is -0.566. The fourth-order valence-corrected chi connectivity index (χ4v) is 4.91. The van der Waals surface area contributed by atoms with E-state index in [2.05, 4.69) is 16.0 Å². The van der Waals surface area contributed by atoms with Crippen molar-refractivity contribution >= 4 is 53.2 Å². The maximum Gasteiger partial charge on any atom is 0.244 e. The highest BCUT2D eigenvalue weighted by Gasteiger charge is 2.39. The van der Waals surface area contributed by atoms with E-state index in [0.29, 0.717) is 40.5 Å². The van der Waals surface area contributed by atoms with Crippen molar-refractivity contribution in [2.45, 2.75) is 50.5 Å². The molecule has 0 radical (unpaired) electrons. The quantitative estimate of drug-likeness (QED) is 0.236. The number of nitrogens with one attached hydrogen (secondary N) is 3. The fourth-order valence-electron chi connectivity index (χ4n) is 4.54. The highest BCUT2D eigenvalue weighted by Crippen LogP contribution is 2.31. The van der Waals surface area contributed by atoms with Crippen molar-refractivity contribution in [1.82, 2.24) is 5.32 Å². The van der Waals surface area contributed by atoms with Gasteiger partial charge in [-0.15, -0.1) is 0 Å². The topological polar surface area (TPSA) is 87.3 Å². The van der Waals surface area contributed by atoms with Gasteiger partial charge in [-0.3, -0.25) is 14.4 Å². The predicted molar refractivity (Wildman–Crippen MR) is 155 cm³/mol. The molecule has 3 N–H and O–H groups in total. The highest BCUT2D eigenvalue weighted by atomic mass is 35.5. The molecule has 2 amide bonds. The van der Waals surface area contributed by atoms with Gasteiger partial charge in [0.2, 0.25) is 12.3 Å². The summed E-state index contributed by atoms with van der Waals surface area (Å²) in [7, 11) is 0. The standard InChI is InChI=1S/C22H25Cl2FN2O.C8H7NO2/c1-15(18-9-6-10-19(24)20(18)25)14-26-22(11-3-2-4-12-22)21(28)27-17-8-5-7-16(23)13-17;10-5-7-1-3-8(4-2-7)9-6-11/h5-10,13,15,26H,2-4,11-12,14H2,1H3,(H,27,28);1-6H,(H,9,11). The number of benzene rings is 3. The normalized spacial score (nSPS) is 14.8. The van der Waals surface area contributed by atoms with Gasteiger partial charge in [0, 0.05) is 28.5 Å². The minimum absolute atomic E-state index is 0.0618. The second-order valence-electron chi connectivity index (χ2n) is 9.53. The number of anilines is 2. The van der Waals surface area contributed by atoms with Crippen molar-refractivity contribution in [1.29, 1.82) is 0 Å². The van der Waals surface area contributed by atoms with E-state index < -0.39 is 5.54 Å². The second-order valence-corrected chi connectivity index (χ2v) is 10.4. The first-order valence-electron chi connectivity index (χ1n) is 12.8. The van der Waals surface area contributed by atoms with Crippen LogP contribution in [0.2, 0.25) is 10.0 Å². The third-order valence-electron chi connectivity index (χ3n) is 6.76. The Morgan fingerprint density at radius 1 is 0.974 bits per heavy atom. The van der Waals surface area contributed by atoms with Gasteiger partial charge in [-0.1, -0.05) is 67.6 Å². The van der Waals surface area contributed by atoms with E-state index in [-0.39, 0.29) is 22.7 Å². The summed E-state index contributed by atoms with van der Waals surface area (Å²) in [5.41, 5.74) is 1.86. The van der Waals surface area contributed by atoms with E-state index in [0.717, 1.165) is 38.4 Å². The van der Waals surface area contributed by atoms with Crippen molar-refractivity contribution < 1.29 is 18.8 Å². The molecule has 3 aromatic rings. The minimum atomic E-state index is -0.663. The van der Waals surface area contributed by atoms with Crippen LogP contribution in [0.4, 0.5) is 15.8 Å². The Hall–Kier alpha value is -3.26. The van der Waals surface area contributed by atoms with Crippen LogP contribution in [0, 0.1) is 5.82 Å². The molecule has 4 rings (SSSR count). The lowest BCUT2D eigenvalue weighted by atomic mass is 9.80. The van der Waals surface area contributed by atoms with Crippen LogP contribution in [0.5, 0.6) is 0 Å². The Morgan fingerprint density at radius 2 is 1.67 bits per heavy atom. The van der Waals surface area contributed by atoms with Gasteiger partial charge in [-0.25, -0.2) is 4.39 Å². The molecule has 206 valence electrons. The van der Waals surface area contributed by atoms with Crippen LogP contribution in [0.25, 0.3) is 0 Å². The summed E-state index contributed by atoms with van der Waals surface area (Å²) in [6.07, 6.45) is 5.94. The zero-order valence-corrected chi connectivity index (χ0v) is 23.2. The van der Waals surface area contributed by atoms with Gasteiger partial charge in [0.05, 0.1) is 10.6 Å². The molecule has 1 atom stereocenters. The number of halogens is 3. The molecule has 0 saturated heterocycles. The predicted octanol–water partition coefficient (Wildman–Crippen LogP) is 7.23. The van der Waals surface area contributed by atoms with Crippen molar-refractivity contribution in [2.75, 3.05) is 17.2 Å². The number of amides is 2. The Morgan fingerprint density at radius 3 is 2.31 bits per heavy atom. The Bertz CT molecular complexity index is 1260. The molecule has 9 heteroatoms. The molecule has 6 nitrogen and oxygen atoms in total. The first-order chi connectivity index (χ1) is 18.8. The second kappa shape index (κ2) is 14.8. The first-order valence-corrected chi connectivity index (χ1v) is 13.5. The van der Waals surface area contributed by atoms with Crippen LogP contribution in [0.15, 0.2) is 66.7 Å². The average molecular weight is 573 g/mol. The molecular weight excluding hydrogens is 540 g/mol. The van der Waals surface area contributed by atoms with Crippen LogP contribution in [-0.2, 0) is 9.59 Å². The van der Waals surface area contributed by atoms with Gasteiger partial charge in [0.25, 0.3) is 0 Å². The minimum Gasteiger partial charge on any atom is -0.329 e. The molecule has 0 aromatic heterocycles. The van der Waals surface area contributed by atoms with Crippen molar-refractivity contribution in [3.63, 3.8) is 0 Å². The van der Waals surface area contributed by atoms with Crippen LogP contribution in [-0.4, -0.2) is 30.7 Å². The lowest BCUT2D eigenvalue weighted by molar-refractivity contribution is -0.123. The van der Waals surface area contributed by atoms with Crippen LogP contribution in [0.3, 0.4) is 0 Å². The average Bonchev–Trinajstić information content (AvgIpc) is 2.95. The first kappa shape index (κ1) is 30.3. The maximum absolute atomic E-state index is 14.3. The summed E-state index contributed by atoms with van der Waals surface area (Å²) >= 11 is 12.0. The molecule has 0 heterocycles. The van der Waals surface area contributed by atoms with Crippen LogP contribution < -0.4 is 16.0 Å². The van der Waals surface area contributed by atoms with E-state index in [1.165, 1.54) is 0 Å². The highest BCUT2D eigenvalue weighted by molar-refractivity contribution is 6.31. The lowest BCUT2D eigenvalue weighted by Crippen LogP contribution is -2.56. The fraction of sp³-hybridized carbons (Fsp3) is 0.300. The maximum atomic E-state index is 14.3. The van der Waals surface area contributed by atoms with E-state index in [1.807, 2.05) is 19.1 Å². The summed E-state index contributed by atoms with van der Waals surface area (Å²) in [6.45, 7) is 2.42. The summed E-state index contributed by atoms with van der Waals surface area (Å²) < 4.78 is 14.3. The molecule has 1 aliphatic rings. The Kier molecular flexibility index (Phi) is 11.5. The number of carbonyl (C=O) groups is 3. The van der Waals surface area contributed by atoms with E-state index in [9.17, 15) is 18.8 Å².